The Labute approximate surface area is 297 Å². The lowest BCUT2D eigenvalue weighted by Crippen LogP contribution is -2.49. The summed E-state index contributed by atoms with van der Waals surface area (Å²) in [7, 11) is 1.80. The van der Waals surface area contributed by atoms with E-state index in [9.17, 15) is 9.59 Å². The topological polar surface area (TPSA) is 77.1 Å². The Morgan fingerprint density at radius 3 is 1.88 bits per heavy atom. The highest BCUT2D eigenvalue weighted by molar-refractivity contribution is 5.98. The lowest BCUT2D eigenvalue weighted by Gasteiger charge is -2.26. The van der Waals surface area contributed by atoms with Crippen LogP contribution in [0.3, 0.4) is 0 Å². The zero-order valence-electron chi connectivity index (χ0n) is 29.9. The average molecular weight is 675 g/mol. The molecule has 0 saturated heterocycles. The number of amides is 1. The molecule has 7 heteroatoms. The number of nitrogens with zero attached hydrogens (tertiary/aromatic N) is 1. The molecular weight excluding hydrogens is 624 g/mol. The van der Waals surface area contributed by atoms with E-state index in [0.29, 0.717) is 43.4 Å². The summed E-state index contributed by atoms with van der Waals surface area (Å²) >= 11 is 0. The molecule has 1 saturated carbocycles. The Morgan fingerprint density at radius 2 is 1.32 bits per heavy atom. The first-order valence-electron chi connectivity index (χ1n) is 17.6. The van der Waals surface area contributed by atoms with Gasteiger partial charge in [-0.3, -0.25) is 9.59 Å². The molecule has 1 N–H and O–H groups in total. The molecular formula is C43H50N2O5. The summed E-state index contributed by atoms with van der Waals surface area (Å²) < 4.78 is 18.3. The van der Waals surface area contributed by atoms with E-state index in [2.05, 4.69) is 24.0 Å². The van der Waals surface area contributed by atoms with Crippen LogP contribution in [-0.2, 0) is 35.7 Å². The molecule has 0 heterocycles. The van der Waals surface area contributed by atoms with Gasteiger partial charge in [-0.15, -0.1) is 0 Å². The zero-order valence-corrected chi connectivity index (χ0v) is 29.9. The maximum absolute atomic E-state index is 14.0. The molecule has 4 aromatic carbocycles. The van der Waals surface area contributed by atoms with Crippen molar-refractivity contribution in [2.45, 2.75) is 84.3 Å². The number of hydrogen-bond acceptors (Lipinski definition) is 6. The van der Waals surface area contributed by atoms with Crippen LogP contribution in [0.15, 0.2) is 104 Å². The lowest BCUT2D eigenvalue weighted by atomic mass is 10.0. The molecule has 1 fully saturated rings. The van der Waals surface area contributed by atoms with Crippen molar-refractivity contribution in [3.8, 4) is 11.5 Å². The number of benzene rings is 4. The number of allylic oxidation sites excluding steroid dienone is 1. The number of esters is 1. The fraction of sp³-hybridized carbons (Fsp3) is 0.349. The largest absolute Gasteiger partial charge is 0.488 e. The van der Waals surface area contributed by atoms with Gasteiger partial charge in [-0.25, -0.2) is 0 Å². The van der Waals surface area contributed by atoms with Gasteiger partial charge in [-0.2, -0.15) is 0 Å². The van der Waals surface area contributed by atoms with E-state index in [1.54, 1.807) is 11.9 Å². The third kappa shape index (κ3) is 10.1. The minimum Gasteiger partial charge on any atom is -0.488 e. The lowest BCUT2D eigenvalue weighted by molar-refractivity contribution is -0.155. The first-order valence-corrected chi connectivity index (χ1v) is 17.6. The van der Waals surface area contributed by atoms with Gasteiger partial charge < -0.3 is 24.4 Å². The SMILES string of the molecule is C=C(C)c1cc(C(=O)N(C)Cc2ccc(CCNC(C)(C)C(=O)OC3CCCC3)cc2)c(OCc2ccccc2)cc1OCc1ccccc1. The standard InChI is InChI=1S/C43H50N2O5/c1-31(2)37-26-38(40(49-30-35-16-10-7-11-17-35)27-39(37)48-29-34-14-8-6-9-15-34)41(46)45(5)28-33-22-20-32(21-23-33)24-25-44-43(3,4)42(47)50-36-18-12-13-19-36/h6-11,14-17,20-23,26-27,36,44H,1,12-13,18-19,24-25,28-30H2,2-5H3. The van der Waals surface area contributed by atoms with Crippen LogP contribution in [0.1, 0.15) is 84.6 Å². The van der Waals surface area contributed by atoms with Crippen LogP contribution in [0.25, 0.3) is 5.57 Å². The maximum atomic E-state index is 14.0. The van der Waals surface area contributed by atoms with Crippen molar-refractivity contribution in [3.63, 3.8) is 0 Å². The number of carbonyl (C=O) groups excluding carboxylic acids is 2. The van der Waals surface area contributed by atoms with Gasteiger partial charge in [-0.1, -0.05) is 91.5 Å². The van der Waals surface area contributed by atoms with Crippen molar-refractivity contribution in [1.82, 2.24) is 10.2 Å². The first-order chi connectivity index (χ1) is 24.1. The maximum Gasteiger partial charge on any atom is 0.326 e. The smallest absolute Gasteiger partial charge is 0.326 e. The Hall–Kier alpha value is -4.88. The van der Waals surface area contributed by atoms with Crippen LogP contribution in [-0.4, -0.2) is 42.0 Å². The highest BCUT2D eigenvalue weighted by Gasteiger charge is 2.31. The predicted molar refractivity (Wildman–Crippen MR) is 199 cm³/mol. The highest BCUT2D eigenvalue weighted by atomic mass is 16.5. The van der Waals surface area contributed by atoms with Gasteiger partial charge in [0, 0.05) is 31.8 Å². The minimum absolute atomic E-state index is 0.0565. The van der Waals surface area contributed by atoms with Crippen LogP contribution in [0, 0.1) is 0 Å². The monoisotopic (exact) mass is 674 g/mol. The normalized spacial score (nSPS) is 13.1. The molecule has 0 radical (unpaired) electrons. The van der Waals surface area contributed by atoms with E-state index in [1.807, 2.05) is 106 Å². The quantitative estimate of drug-likeness (QED) is 0.120. The third-order valence-corrected chi connectivity index (χ3v) is 9.10. The van der Waals surface area contributed by atoms with Gasteiger partial charge in [-0.05, 0) is 86.8 Å². The summed E-state index contributed by atoms with van der Waals surface area (Å²) in [6.45, 7) is 11.6. The molecule has 0 aromatic heterocycles. The third-order valence-electron chi connectivity index (χ3n) is 9.10. The minimum atomic E-state index is -0.745. The molecule has 1 amide bonds. The van der Waals surface area contributed by atoms with Crippen LogP contribution in [0.4, 0.5) is 0 Å². The van der Waals surface area contributed by atoms with E-state index in [0.717, 1.165) is 65.5 Å². The second-order valence-corrected chi connectivity index (χ2v) is 13.8. The van der Waals surface area contributed by atoms with Gasteiger partial charge >= 0.3 is 5.97 Å². The highest BCUT2D eigenvalue weighted by Crippen LogP contribution is 2.35. The first kappa shape index (κ1) is 36.4. The molecule has 1 aliphatic rings. The van der Waals surface area contributed by atoms with Crippen molar-refractivity contribution >= 4 is 17.4 Å². The molecule has 0 spiro atoms. The molecule has 262 valence electrons. The molecule has 0 atom stereocenters. The zero-order chi connectivity index (χ0) is 35.5. The Kier molecular flexibility index (Phi) is 12.5. The van der Waals surface area contributed by atoms with Crippen molar-refractivity contribution < 1.29 is 23.8 Å². The van der Waals surface area contributed by atoms with Crippen LogP contribution >= 0.6 is 0 Å². The number of nitrogens with one attached hydrogen (secondary N) is 1. The summed E-state index contributed by atoms with van der Waals surface area (Å²) in [6, 6.07) is 31.7. The van der Waals surface area contributed by atoms with Gasteiger partial charge in [0.1, 0.15) is 36.4 Å². The van der Waals surface area contributed by atoms with Crippen molar-refractivity contribution in [3.05, 3.63) is 137 Å². The molecule has 7 nitrogen and oxygen atoms in total. The second-order valence-electron chi connectivity index (χ2n) is 13.8. The average Bonchev–Trinajstić information content (AvgIpc) is 3.64. The fourth-order valence-corrected chi connectivity index (χ4v) is 6.03. The summed E-state index contributed by atoms with van der Waals surface area (Å²) in [5, 5.41) is 3.37. The second kappa shape index (κ2) is 17.2. The molecule has 0 bridgehead atoms. The number of hydrogen-bond donors (Lipinski definition) is 1. The van der Waals surface area contributed by atoms with Gasteiger partial charge in [0.2, 0.25) is 0 Å². The molecule has 0 unspecified atom stereocenters. The predicted octanol–water partition coefficient (Wildman–Crippen LogP) is 8.55. The van der Waals surface area contributed by atoms with E-state index in [1.165, 1.54) is 0 Å². The van der Waals surface area contributed by atoms with Crippen molar-refractivity contribution in [2.24, 2.45) is 0 Å². The van der Waals surface area contributed by atoms with Gasteiger partial charge in [0.05, 0.1) is 5.56 Å². The Morgan fingerprint density at radius 1 is 0.780 bits per heavy atom. The van der Waals surface area contributed by atoms with Crippen LogP contribution < -0.4 is 14.8 Å². The number of ether oxygens (including phenoxy) is 3. The van der Waals surface area contributed by atoms with Crippen molar-refractivity contribution in [1.29, 1.82) is 0 Å². The summed E-state index contributed by atoms with van der Waals surface area (Å²) in [5.74, 6) is 0.718. The summed E-state index contributed by atoms with van der Waals surface area (Å²) in [6.07, 6.45) is 5.00. The summed E-state index contributed by atoms with van der Waals surface area (Å²) in [5.41, 5.74) is 5.44. The van der Waals surface area contributed by atoms with E-state index >= 15 is 0 Å². The van der Waals surface area contributed by atoms with Gasteiger partial charge in [0.25, 0.3) is 5.91 Å². The van der Waals surface area contributed by atoms with E-state index < -0.39 is 5.54 Å². The molecule has 1 aliphatic carbocycles. The Balaban J connectivity index is 1.25. The molecule has 4 aromatic rings. The van der Waals surface area contributed by atoms with E-state index in [-0.39, 0.29) is 18.0 Å². The fourth-order valence-electron chi connectivity index (χ4n) is 6.03. The van der Waals surface area contributed by atoms with Crippen molar-refractivity contribution in [2.75, 3.05) is 13.6 Å². The van der Waals surface area contributed by atoms with E-state index in [4.69, 9.17) is 14.2 Å². The van der Waals surface area contributed by atoms with Crippen LogP contribution in [0.2, 0.25) is 0 Å². The number of carbonyl (C=O) groups is 2. The number of rotatable bonds is 16. The summed E-state index contributed by atoms with van der Waals surface area (Å²) in [4.78, 5) is 28.4. The molecule has 0 aliphatic heterocycles. The molecule has 5 rings (SSSR count). The van der Waals surface area contributed by atoms with Gasteiger partial charge in [0.15, 0.2) is 0 Å². The Bertz CT molecular complexity index is 1730. The molecule has 50 heavy (non-hydrogen) atoms. The van der Waals surface area contributed by atoms with Crippen LogP contribution in [0.5, 0.6) is 11.5 Å².